The summed E-state index contributed by atoms with van der Waals surface area (Å²) >= 11 is 0. The summed E-state index contributed by atoms with van der Waals surface area (Å²) in [6, 6.07) is 8.11. The van der Waals surface area contributed by atoms with E-state index in [1.54, 1.807) is 6.92 Å². The van der Waals surface area contributed by atoms with Crippen molar-refractivity contribution in [1.29, 1.82) is 0 Å². The van der Waals surface area contributed by atoms with E-state index in [2.05, 4.69) is 13.0 Å². The number of benzene rings is 1. The predicted octanol–water partition coefficient (Wildman–Crippen LogP) is 9.43. The van der Waals surface area contributed by atoms with E-state index in [0.717, 1.165) is 48.4 Å². The highest BCUT2D eigenvalue weighted by Gasteiger charge is 2.43. The van der Waals surface area contributed by atoms with Gasteiger partial charge in [-0.25, -0.2) is 4.57 Å². The maximum Gasteiger partial charge on any atom is 0.472 e. The molecule has 9 heteroatoms. The average molecular weight is 653 g/mol. The third kappa shape index (κ3) is 14.2. The van der Waals surface area contributed by atoms with Crippen molar-refractivity contribution in [2.75, 3.05) is 39.5 Å². The van der Waals surface area contributed by atoms with Gasteiger partial charge < -0.3 is 14.4 Å². The Balaban J connectivity index is 1.31. The van der Waals surface area contributed by atoms with Gasteiger partial charge in [0.05, 0.1) is 39.0 Å². The minimum absolute atomic E-state index is 0.109. The van der Waals surface area contributed by atoms with Gasteiger partial charge in [0, 0.05) is 38.4 Å². The van der Waals surface area contributed by atoms with Gasteiger partial charge in [0.15, 0.2) is 0 Å². The number of para-hydroxylation sites is 1. The molecule has 3 heterocycles. The predicted molar refractivity (Wildman–Crippen MR) is 182 cm³/mol. The number of phosphoric acid groups is 1. The van der Waals surface area contributed by atoms with E-state index < -0.39 is 26.0 Å². The largest absolute Gasteiger partial charge is 0.472 e. The second-order valence-electron chi connectivity index (χ2n) is 13.5. The van der Waals surface area contributed by atoms with Crippen LogP contribution >= 0.6 is 7.82 Å². The van der Waals surface area contributed by atoms with Crippen LogP contribution in [0, 0.1) is 5.92 Å². The normalized spacial score (nSPS) is 22.2. The Labute approximate surface area is 273 Å². The van der Waals surface area contributed by atoms with Crippen molar-refractivity contribution >= 4 is 19.5 Å². The van der Waals surface area contributed by atoms with E-state index in [-0.39, 0.29) is 13.2 Å². The van der Waals surface area contributed by atoms with Crippen LogP contribution in [0.3, 0.4) is 0 Å². The lowest BCUT2D eigenvalue weighted by molar-refractivity contribution is -0.151. The minimum atomic E-state index is -4.42. The maximum absolute atomic E-state index is 13.0. The fourth-order valence-corrected chi connectivity index (χ4v) is 8.04. The monoisotopic (exact) mass is 652 g/mol. The van der Waals surface area contributed by atoms with Crippen molar-refractivity contribution in [3.63, 3.8) is 0 Å². The Kier molecular flexibility index (Phi) is 17.7. The van der Waals surface area contributed by atoms with Crippen LogP contribution in [0.1, 0.15) is 142 Å². The van der Waals surface area contributed by atoms with Gasteiger partial charge in [-0.2, -0.15) is 0 Å². The molecule has 3 aliphatic heterocycles. The van der Waals surface area contributed by atoms with Crippen LogP contribution in [-0.4, -0.2) is 56.4 Å². The van der Waals surface area contributed by atoms with Crippen molar-refractivity contribution in [3.8, 4) is 0 Å². The third-order valence-electron chi connectivity index (χ3n) is 9.78. The molecule has 0 amide bonds. The van der Waals surface area contributed by atoms with Crippen LogP contribution in [-0.2, 0) is 27.9 Å². The molecule has 0 aromatic heterocycles. The van der Waals surface area contributed by atoms with Crippen LogP contribution in [0.4, 0.5) is 5.69 Å². The Morgan fingerprint density at radius 2 is 1.40 bits per heavy atom. The topological polar surface area (TPSA) is 91.3 Å². The average Bonchev–Trinajstić information content (AvgIpc) is 3.03. The molecule has 8 nitrogen and oxygen atoms in total. The first kappa shape index (κ1) is 38.2. The van der Waals surface area contributed by atoms with Crippen LogP contribution in [0.2, 0.25) is 0 Å². The first-order valence-corrected chi connectivity index (χ1v) is 19.6. The van der Waals surface area contributed by atoms with Crippen LogP contribution in [0.5, 0.6) is 0 Å². The molecular formula is C36H63NO7P+. The summed E-state index contributed by atoms with van der Waals surface area (Å²) in [7, 11) is -4.42. The van der Waals surface area contributed by atoms with Crippen LogP contribution in [0.15, 0.2) is 24.3 Å². The lowest BCUT2D eigenvalue weighted by Gasteiger charge is -2.49. The van der Waals surface area contributed by atoms with Crippen LogP contribution in [0.25, 0.3) is 0 Å². The summed E-state index contributed by atoms with van der Waals surface area (Å²) < 4.78 is 35.9. The lowest BCUT2D eigenvalue weighted by atomic mass is 9.84. The highest BCUT2D eigenvalue weighted by atomic mass is 31.2. The van der Waals surface area contributed by atoms with Crippen molar-refractivity contribution < 1.29 is 32.8 Å². The van der Waals surface area contributed by atoms with Crippen molar-refractivity contribution in [1.82, 2.24) is 4.48 Å². The van der Waals surface area contributed by atoms with Gasteiger partial charge in [0.25, 0.3) is 0 Å². The zero-order chi connectivity index (χ0) is 32.4. The molecule has 3 saturated heterocycles. The van der Waals surface area contributed by atoms with Gasteiger partial charge in [-0.15, -0.1) is 0 Å². The van der Waals surface area contributed by atoms with E-state index in [1.807, 2.05) is 18.2 Å². The van der Waals surface area contributed by atoms with Gasteiger partial charge in [0.2, 0.25) is 0 Å². The fourth-order valence-electron chi connectivity index (χ4n) is 7.11. The summed E-state index contributed by atoms with van der Waals surface area (Å²) in [5, 5.41) is 0. The van der Waals surface area contributed by atoms with Crippen molar-refractivity contribution in [3.05, 3.63) is 29.8 Å². The molecule has 45 heavy (non-hydrogen) atoms. The SMILES string of the molecule is CCCCCCCCCCCCCCCCOCC(COP(=O)(O)OC(C)c1ccccc1[N+]12CCC(CC1)CC2)OC(C)=O. The second-order valence-corrected chi connectivity index (χ2v) is 14.9. The molecular weight excluding hydrogens is 589 g/mol. The summed E-state index contributed by atoms with van der Waals surface area (Å²) in [6.07, 6.45) is 20.4. The standard InChI is InChI=1S/C36H62NO7P/c1-4-5-6-7-8-9-10-11-12-13-14-15-16-19-28-41-29-34(43-32(3)38)30-42-45(39,40)44-31(2)35-20-17-18-21-36(35)37-25-22-33(23-26-37)24-27-37/h17-18,20-21,31,33-34H,4-16,19,22-30H2,1-3H3/p+1. The number of piperidine rings is 3. The molecule has 1 aromatic carbocycles. The molecule has 258 valence electrons. The molecule has 3 unspecified atom stereocenters. The zero-order valence-electron chi connectivity index (χ0n) is 28.6. The highest BCUT2D eigenvalue weighted by Crippen LogP contribution is 2.50. The van der Waals surface area contributed by atoms with Gasteiger partial charge in [-0.05, 0) is 25.3 Å². The maximum atomic E-state index is 13.0. The summed E-state index contributed by atoms with van der Waals surface area (Å²) in [5.74, 6) is 0.351. The smallest absolute Gasteiger partial charge is 0.458 e. The van der Waals surface area contributed by atoms with Gasteiger partial charge >= 0.3 is 13.8 Å². The molecule has 1 N–H and O–H groups in total. The van der Waals surface area contributed by atoms with Crippen molar-refractivity contribution in [2.24, 2.45) is 5.92 Å². The van der Waals surface area contributed by atoms with Gasteiger partial charge in [-0.1, -0.05) is 109 Å². The Morgan fingerprint density at radius 1 is 0.867 bits per heavy atom. The van der Waals surface area contributed by atoms with Gasteiger partial charge in [-0.3, -0.25) is 18.3 Å². The molecule has 4 rings (SSSR count). The summed E-state index contributed by atoms with van der Waals surface area (Å²) in [5.41, 5.74) is 2.10. The number of ether oxygens (including phenoxy) is 2. The Hall–Kier alpha value is -1.28. The quantitative estimate of drug-likeness (QED) is 0.0487. The van der Waals surface area contributed by atoms with E-state index >= 15 is 0 Å². The number of quaternary nitrogens is 1. The first-order chi connectivity index (χ1) is 21.7. The number of rotatable bonds is 25. The number of fused-ring (bicyclic) bond motifs is 3. The number of esters is 1. The lowest BCUT2D eigenvalue weighted by Crippen LogP contribution is -2.59. The number of hydrogen-bond donors (Lipinski definition) is 1. The second kappa shape index (κ2) is 20.8. The number of phosphoric ester groups is 1. The van der Waals surface area contributed by atoms with Crippen LogP contribution < -0.4 is 4.48 Å². The van der Waals surface area contributed by atoms with E-state index in [0.29, 0.717) is 6.61 Å². The third-order valence-corrected chi connectivity index (χ3v) is 10.8. The molecule has 1 aromatic rings. The Morgan fingerprint density at radius 3 is 1.96 bits per heavy atom. The molecule has 0 saturated carbocycles. The van der Waals surface area contributed by atoms with E-state index in [1.165, 1.54) is 109 Å². The van der Waals surface area contributed by atoms with E-state index in [4.69, 9.17) is 18.5 Å². The van der Waals surface area contributed by atoms with E-state index in [9.17, 15) is 14.3 Å². The summed E-state index contributed by atoms with van der Waals surface area (Å²) in [6.45, 7) is 9.06. The minimum Gasteiger partial charge on any atom is -0.458 e. The highest BCUT2D eigenvalue weighted by molar-refractivity contribution is 7.47. The van der Waals surface area contributed by atoms with Gasteiger partial charge in [0.1, 0.15) is 11.8 Å². The summed E-state index contributed by atoms with van der Waals surface area (Å²) in [4.78, 5) is 22.3. The number of carbonyl (C=O) groups excluding carboxylic acids is 1. The number of nitrogens with zero attached hydrogens (tertiary/aromatic N) is 1. The molecule has 0 spiro atoms. The molecule has 3 atom stereocenters. The Bertz CT molecular complexity index is 999. The zero-order valence-corrected chi connectivity index (χ0v) is 29.5. The molecule has 0 radical (unpaired) electrons. The molecule has 2 bridgehead atoms. The number of carbonyl (C=O) groups is 1. The number of unbranched alkanes of at least 4 members (excludes halogenated alkanes) is 13. The molecule has 3 aliphatic rings. The first-order valence-electron chi connectivity index (χ1n) is 18.1. The van der Waals surface area contributed by atoms with Crippen molar-refractivity contribution in [2.45, 2.75) is 142 Å². The molecule has 3 fully saturated rings. The number of hydrogen-bond acceptors (Lipinski definition) is 6. The fraction of sp³-hybridized carbons (Fsp3) is 0.806. The molecule has 0 aliphatic carbocycles.